The molecule has 11 N–H and O–H groups in total. The minimum atomic E-state index is -1.03. The van der Waals surface area contributed by atoms with E-state index in [0.717, 1.165) is 12.1 Å². The van der Waals surface area contributed by atoms with Crippen molar-refractivity contribution in [3.05, 3.63) is 54.1 Å². The minimum absolute atomic E-state index is 0.113. The number of ketones is 3. The molecule has 19 heteroatoms. The lowest BCUT2D eigenvalue weighted by Gasteiger charge is -2.27. The van der Waals surface area contributed by atoms with E-state index in [1.54, 1.807) is 20.0 Å². The quantitative estimate of drug-likeness (QED) is 0.0271. The van der Waals surface area contributed by atoms with E-state index in [0.29, 0.717) is 76.6 Å². The number of H-pyrrole nitrogens is 1. The van der Waals surface area contributed by atoms with Crippen LogP contribution in [0.4, 0.5) is 0 Å². The van der Waals surface area contributed by atoms with Crippen molar-refractivity contribution in [1.82, 2.24) is 31.2 Å². The van der Waals surface area contributed by atoms with Gasteiger partial charge >= 0.3 is 0 Å². The first-order chi connectivity index (χ1) is 32.1. The number of aromatic nitrogens is 2. The maximum absolute atomic E-state index is 14.3. The van der Waals surface area contributed by atoms with E-state index in [1.807, 2.05) is 37.3 Å². The molecular weight excluding hydrogens is 861 g/mol. The summed E-state index contributed by atoms with van der Waals surface area (Å²) in [6.45, 7) is 12.4. The monoisotopic (exact) mass is 941 g/mol. The predicted molar refractivity (Wildman–Crippen MR) is 258 cm³/mol. The summed E-state index contributed by atoms with van der Waals surface area (Å²) >= 11 is 0. The zero-order valence-electron chi connectivity index (χ0n) is 40.5. The predicted octanol–water partition coefficient (Wildman–Crippen LogP) is 2.06. The SMILES string of the molecule is CCCC(=O)[C@H](Cc1ccccc1)NC(=O)[C@@H](CC(=O)[C@@H](NC(=O)[C@H](CCCN=C(N)N)CC(=O)[C@H](CCCCN)NC(=O)COCCOCCOCCNC(C)C)C(C)C)Cc1cnc[nH]1. The minimum Gasteiger partial charge on any atom is -0.378 e. The summed E-state index contributed by atoms with van der Waals surface area (Å²) in [5.41, 5.74) is 18.3. The van der Waals surface area contributed by atoms with Crippen LogP contribution < -0.4 is 38.5 Å². The van der Waals surface area contributed by atoms with Gasteiger partial charge in [0.25, 0.3) is 0 Å². The van der Waals surface area contributed by atoms with Gasteiger partial charge in [-0.2, -0.15) is 0 Å². The maximum atomic E-state index is 14.3. The van der Waals surface area contributed by atoms with Crippen LogP contribution >= 0.6 is 0 Å². The first kappa shape index (κ1) is 58.0. The number of imidazole rings is 1. The Morgan fingerprint density at radius 1 is 0.746 bits per heavy atom. The van der Waals surface area contributed by atoms with Crippen molar-refractivity contribution in [3.63, 3.8) is 0 Å². The van der Waals surface area contributed by atoms with Crippen LogP contribution in [0.15, 0.2) is 47.8 Å². The molecule has 0 fully saturated rings. The highest BCUT2D eigenvalue weighted by molar-refractivity contribution is 5.96. The molecule has 0 saturated carbocycles. The van der Waals surface area contributed by atoms with E-state index >= 15 is 0 Å². The number of aromatic amines is 1. The average Bonchev–Trinajstić information content (AvgIpc) is 3.80. The number of nitrogens with one attached hydrogen (secondary N) is 5. The fraction of sp³-hybridized carbons (Fsp3) is 0.667. The zero-order chi connectivity index (χ0) is 49.4. The van der Waals surface area contributed by atoms with E-state index in [4.69, 9.17) is 31.4 Å². The van der Waals surface area contributed by atoms with Crippen molar-refractivity contribution >= 4 is 41.0 Å². The Morgan fingerprint density at radius 2 is 1.42 bits per heavy atom. The Hall–Kier alpha value is -5.08. The number of ether oxygens (including phenoxy) is 3. The molecule has 0 spiro atoms. The van der Waals surface area contributed by atoms with Crippen molar-refractivity contribution in [2.75, 3.05) is 59.3 Å². The molecule has 19 nitrogen and oxygen atoms in total. The molecule has 1 aromatic heterocycles. The second-order valence-electron chi connectivity index (χ2n) is 17.5. The van der Waals surface area contributed by atoms with Gasteiger partial charge in [0.1, 0.15) is 6.61 Å². The molecule has 5 atom stereocenters. The van der Waals surface area contributed by atoms with E-state index in [9.17, 15) is 28.8 Å². The molecule has 0 saturated heterocycles. The van der Waals surface area contributed by atoms with Gasteiger partial charge in [-0.1, -0.05) is 65.0 Å². The van der Waals surface area contributed by atoms with Gasteiger partial charge in [-0.05, 0) is 63.0 Å². The Labute approximate surface area is 397 Å². The van der Waals surface area contributed by atoms with Crippen LogP contribution in [0, 0.1) is 17.8 Å². The van der Waals surface area contributed by atoms with E-state index in [1.165, 1.54) is 6.33 Å². The largest absolute Gasteiger partial charge is 0.378 e. The summed E-state index contributed by atoms with van der Waals surface area (Å²) in [6.07, 6.45) is 5.86. The molecule has 2 rings (SSSR count). The van der Waals surface area contributed by atoms with Crippen LogP contribution in [-0.2, 0) is 55.8 Å². The number of hydrogen-bond acceptors (Lipinski definition) is 13. The van der Waals surface area contributed by atoms with Crippen molar-refractivity contribution in [1.29, 1.82) is 0 Å². The molecule has 376 valence electrons. The molecule has 1 aromatic carbocycles. The Bertz CT molecular complexity index is 1760. The second-order valence-corrected chi connectivity index (χ2v) is 17.5. The molecule has 0 aliphatic carbocycles. The summed E-state index contributed by atoms with van der Waals surface area (Å²) < 4.78 is 16.5. The van der Waals surface area contributed by atoms with Gasteiger partial charge in [0.15, 0.2) is 23.3 Å². The number of Topliss-reactive ketones (excluding diaryl/α,β-unsaturated/α-hetero) is 3. The molecule has 67 heavy (non-hydrogen) atoms. The number of rotatable bonds is 39. The molecular formula is C48H80N10O9. The van der Waals surface area contributed by atoms with Gasteiger partial charge in [0.05, 0.1) is 63.4 Å². The van der Waals surface area contributed by atoms with Gasteiger partial charge in [0, 0.05) is 62.6 Å². The Morgan fingerprint density at radius 3 is 2.04 bits per heavy atom. The van der Waals surface area contributed by atoms with Crippen LogP contribution in [-0.4, -0.2) is 134 Å². The fourth-order valence-corrected chi connectivity index (χ4v) is 7.31. The average molecular weight is 941 g/mol. The molecule has 0 unspecified atom stereocenters. The molecule has 2 aromatic rings. The van der Waals surface area contributed by atoms with Crippen molar-refractivity contribution < 1.29 is 43.0 Å². The summed E-state index contributed by atoms with van der Waals surface area (Å²) in [7, 11) is 0. The second kappa shape index (κ2) is 34.2. The number of carbonyl (C=O) groups excluding carboxylic acids is 6. The number of guanidine groups is 1. The number of unbranched alkanes of at least 4 members (excludes halogenated alkanes) is 1. The Balaban J connectivity index is 2.19. The number of nitrogens with two attached hydrogens (primary N) is 3. The standard InChI is InChI=1S/C48H80N10O9/c1-6-13-41(59)40(26-35-14-8-7-9-15-35)57-47(64)37(27-38-30-52-32-55-38)29-43(61)45(33(2)3)58-46(63)36(16-12-19-54-48(50)51)28-42(60)39(17-10-11-18-49)56-44(62)31-67-25-24-66-23-22-65-21-20-53-34(4)5/h7-9,14-15,30,32-34,36-37,39-40,45,53H,6,10-13,16-29,31,49H2,1-5H3,(H,52,55)(H,56,62)(H,57,64)(H,58,63)(H4,50,51,54)/t36-,37-,39+,40+,45+/m1/s1. The summed E-state index contributed by atoms with van der Waals surface area (Å²) in [6, 6.07) is 7.02. The number of amides is 3. The maximum Gasteiger partial charge on any atom is 0.246 e. The summed E-state index contributed by atoms with van der Waals surface area (Å²) in [4.78, 5) is 94.0. The molecule has 1 heterocycles. The Kier molecular flexibility index (Phi) is 29.7. The number of benzene rings is 1. The smallest absolute Gasteiger partial charge is 0.246 e. The molecule has 0 aliphatic heterocycles. The van der Waals surface area contributed by atoms with E-state index in [-0.39, 0.29) is 76.0 Å². The third kappa shape index (κ3) is 25.6. The molecule has 0 radical (unpaired) electrons. The van der Waals surface area contributed by atoms with Crippen molar-refractivity contribution in [2.24, 2.45) is 39.9 Å². The number of carbonyl (C=O) groups is 6. The van der Waals surface area contributed by atoms with Gasteiger partial charge in [-0.3, -0.25) is 33.8 Å². The van der Waals surface area contributed by atoms with Crippen LogP contribution in [0.5, 0.6) is 0 Å². The fourth-order valence-electron chi connectivity index (χ4n) is 7.31. The third-order valence-corrected chi connectivity index (χ3v) is 10.9. The van der Waals surface area contributed by atoms with Crippen LogP contribution in [0.1, 0.15) is 104 Å². The van der Waals surface area contributed by atoms with E-state index in [2.05, 4.69) is 50.1 Å². The highest BCUT2D eigenvalue weighted by Gasteiger charge is 2.34. The zero-order valence-corrected chi connectivity index (χ0v) is 40.5. The van der Waals surface area contributed by atoms with Crippen LogP contribution in [0.3, 0.4) is 0 Å². The van der Waals surface area contributed by atoms with E-state index < -0.39 is 59.4 Å². The lowest BCUT2D eigenvalue weighted by atomic mass is 9.87. The lowest BCUT2D eigenvalue weighted by molar-refractivity contribution is -0.136. The van der Waals surface area contributed by atoms with Crippen molar-refractivity contribution in [2.45, 2.75) is 129 Å². The number of hydrogen-bond donors (Lipinski definition) is 8. The van der Waals surface area contributed by atoms with Crippen LogP contribution in [0.2, 0.25) is 0 Å². The van der Waals surface area contributed by atoms with Gasteiger partial charge in [-0.25, -0.2) is 4.98 Å². The first-order valence-electron chi connectivity index (χ1n) is 23.9. The lowest BCUT2D eigenvalue weighted by Crippen LogP contribution is -2.50. The summed E-state index contributed by atoms with van der Waals surface area (Å²) in [5.74, 6) is -4.74. The molecule has 3 amide bonds. The van der Waals surface area contributed by atoms with Gasteiger partial charge < -0.3 is 57.7 Å². The molecule has 0 aliphatic rings. The number of aliphatic imine (C=N–C) groups is 1. The highest BCUT2D eigenvalue weighted by Crippen LogP contribution is 2.20. The highest BCUT2D eigenvalue weighted by atomic mass is 16.5. The van der Waals surface area contributed by atoms with Gasteiger partial charge in [0.2, 0.25) is 17.7 Å². The topological polar surface area (TPSA) is 297 Å². The van der Waals surface area contributed by atoms with Crippen LogP contribution in [0.25, 0.3) is 0 Å². The summed E-state index contributed by atoms with van der Waals surface area (Å²) in [5, 5.41) is 11.9. The first-order valence-corrected chi connectivity index (χ1v) is 23.9. The number of nitrogens with zero attached hydrogens (tertiary/aromatic N) is 2. The normalized spacial score (nSPS) is 13.6. The third-order valence-electron chi connectivity index (χ3n) is 10.9. The van der Waals surface area contributed by atoms with Crippen molar-refractivity contribution in [3.8, 4) is 0 Å². The van der Waals surface area contributed by atoms with Gasteiger partial charge in [-0.15, -0.1) is 0 Å². The molecule has 0 bridgehead atoms.